The van der Waals surface area contributed by atoms with Gasteiger partial charge in [-0.15, -0.1) is 0 Å². The molecule has 0 radical (unpaired) electrons. The Bertz CT molecular complexity index is 867. The maximum absolute atomic E-state index is 13.6. The van der Waals surface area contributed by atoms with Crippen LogP contribution in [0.25, 0.3) is 10.9 Å². The number of fused-ring (bicyclic) bond motifs is 1. The van der Waals surface area contributed by atoms with Gasteiger partial charge in [-0.1, -0.05) is 19.6 Å². The van der Waals surface area contributed by atoms with Crippen molar-refractivity contribution >= 4 is 24.8 Å². The van der Waals surface area contributed by atoms with Crippen molar-refractivity contribution in [1.29, 1.82) is 0 Å². The minimum Gasteiger partial charge on any atom is -0.381 e. The Morgan fingerprint density at radius 3 is 2.63 bits per heavy atom. The minimum atomic E-state index is -2.54. The lowest BCUT2D eigenvalue weighted by Gasteiger charge is -2.35. The Kier molecular flexibility index (Phi) is 6.19. The summed E-state index contributed by atoms with van der Waals surface area (Å²) in [6, 6.07) is 5.49. The van der Waals surface area contributed by atoms with Crippen molar-refractivity contribution in [3.63, 3.8) is 0 Å². The molecule has 0 aromatic carbocycles. The molecule has 5 nitrogen and oxygen atoms in total. The molecule has 2 fully saturated rings. The van der Waals surface area contributed by atoms with Gasteiger partial charge < -0.3 is 19.4 Å². The third-order valence-electron chi connectivity index (χ3n) is 6.12. The van der Waals surface area contributed by atoms with Gasteiger partial charge in [0.2, 0.25) is 5.92 Å². The van der Waals surface area contributed by atoms with Gasteiger partial charge in [-0.3, -0.25) is 0 Å². The number of nitrogens with zero attached hydrogens (tertiary/aromatic N) is 2. The standard InChI is InChI=1S/C22H33F2N3O2Si/c1-30(2,3)9-8-29-15-27-19(17-12-22(23,24)13-17)10-16-14-25-21(11-20(16)27)26-18-4-6-28-7-5-18/h10-11,14,17-18H,4-9,12-13,15H2,1-3H3,(H,25,26). The zero-order valence-corrected chi connectivity index (χ0v) is 19.2. The first-order chi connectivity index (χ1) is 14.2. The normalized spacial score (nSPS) is 20.4. The summed E-state index contributed by atoms with van der Waals surface area (Å²) in [6.07, 6.45) is 3.60. The van der Waals surface area contributed by atoms with E-state index in [9.17, 15) is 8.78 Å². The third-order valence-corrected chi connectivity index (χ3v) is 7.82. The SMILES string of the molecule is C[Si](C)(C)CCOCn1c(C2CC(F)(F)C2)cc2cnc(NC3CCOCC3)cc21. The summed E-state index contributed by atoms with van der Waals surface area (Å²) in [5.41, 5.74) is 1.94. The molecule has 1 aliphatic heterocycles. The molecule has 30 heavy (non-hydrogen) atoms. The maximum Gasteiger partial charge on any atom is 0.249 e. The minimum absolute atomic E-state index is 0.0845. The molecule has 3 heterocycles. The average Bonchev–Trinajstić information content (AvgIpc) is 3.01. The molecular weight excluding hydrogens is 404 g/mol. The van der Waals surface area contributed by atoms with Crippen LogP contribution in [-0.4, -0.2) is 49.4 Å². The van der Waals surface area contributed by atoms with Crippen LogP contribution >= 0.6 is 0 Å². The van der Waals surface area contributed by atoms with Gasteiger partial charge in [-0.25, -0.2) is 13.8 Å². The van der Waals surface area contributed by atoms with Gasteiger partial charge in [0.15, 0.2) is 0 Å². The highest BCUT2D eigenvalue weighted by Gasteiger charge is 2.47. The fourth-order valence-corrected chi connectivity index (χ4v) is 4.95. The van der Waals surface area contributed by atoms with Crippen molar-refractivity contribution in [2.45, 2.75) is 76.0 Å². The summed E-state index contributed by atoms with van der Waals surface area (Å²) in [6.45, 7) is 9.60. The van der Waals surface area contributed by atoms with Crippen molar-refractivity contribution in [3.05, 3.63) is 24.0 Å². The van der Waals surface area contributed by atoms with E-state index >= 15 is 0 Å². The second-order valence-electron chi connectivity index (χ2n) is 9.97. The van der Waals surface area contributed by atoms with Crippen molar-refractivity contribution in [2.24, 2.45) is 0 Å². The van der Waals surface area contributed by atoms with Crippen molar-refractivity contribution < 1.29 is 18.3 Å². The van der Waals surface area contributed by atoms with Crippen molar-refractivity contribution in [1.82, 2.24) is 9.55 Å². The highest BCUT2D eigenvalue weighted by atomic mass is 28.3. The van der Waals surface area contributed by atoms with Gasteiger partial charge in [0.05, 0.1) is 5.52 Å². The number of aromatic nitrogens is 2. The van der Waals surface area contributed by atoms with Gasteiger partial charge in [0.25, 0.3) is 0 Å². The molecule has 1 saturated carbocycles. The van der Waals surface area contributed by atoms with Crippen LogP contribution in [-0.2, 0) is 16.2 Å². The Hall–Kier alpha value is -1.51. The van der Waals surface area contributed by atoms with E-state index in [1.165, 1.54) is 0 Å². The number of hydrogen-bond acceptors (Lipinski definition) is 4. The molecule has 0 amide bonds. The van der Waals surface area contributed by atoms with E-state index in [0.717, 1.165) is 54.5 Å². The maximum atomic E-state index is 13.6. The van der Waals surface area contributed by atoms with E-state index in [4.69, 9.17) is 9.47 Å². The van der Waals surface area contributed by atoms with Gasteiger partial charge >= 0.3 is 0 Å². The first-order valence-electron chi connectivity index (χ1n) is 11.0. The van der Waals surface area contributed by atoms with Gasteiger partial charge in [0, 0.05) is 76.0 Å². The quantitative estimate of drug-likeness (QED) is 0.441. The summed E-state index contributed by atoms with van der Waals surface area (Å²) < 4.78 is 40.6. The molecule has 166 valence electrons. The van der Waals surface area contributed by atoms with Gasteiger partial charge in [-0.05, 0) is 25.0 Å². The molecule has 1 N–H and O–H groups in total. The molecule has 2 aromatic heterocycles. The van der Waals surface area contributed by atoms with Crippen LogP contribution in [0.2, 0.25) is 25.7 Å². The molecule has 4 rings (SSSR count). The number of pyridine rings is 1. The molecule has 2 aliphatic rings. The summed E-state index contributed by atoms with van der Waals surface area (Å²) in [7, 11) is -1.18. The number of rotatable bonds is 8. The van der Waals surface area contributed by atoms with Crippen LogP contribution in [0.1, 0.15) is 37.3 Å². The van der Waals surface area contributed by atoms with Crippen LogP contribution in [0.5, 0.6) is 0 Å². The van der Waals surface area contributed by atoms with Crippen LogP contribution in [0.15, 0.2) is 18.3 Å². The van der Waals surface area contributed by atoms with Crippen LogP contribution in [0.4, 0.5) is 14.6 Å². The summed E-state index contributed by atoms with van der Waals surface area (Å²) in [5, 5.41) is 4.49. The van der Waals surface area contributed by atoms with Crippen molar-refractivity contribution in [3.8, 4) is 0 Å². The first-order valence-corrected chi connectivity index (χ1v) is 14.7. The molecule has 1 saturated heterocycles. The van der Waals surface area contributed by atoms with E-state index in [1.807, 2.05) is 18.3 Å². The van der Waals surface area contributed by atoms with Crippen LogP contribution in [0, 0.1) is 0 Å². The molecular formula is C22H33F2N3O2Si. The predicted octanol–water partition coefficient (Wildman–Crippen LogP) is 5.45. The Balaban J connectivity index is 1.55. The van der Waals surface area contributed by atoms with E-state index in [0.29, 0.717) is 19.4 Å². The summed E-state index contributed by atoms with van der Waals surface area (Å²) in [5.74, 6) is -1.85. The predicted molar refractivity (Wildman–Crippen MR) is 118 cm³/mol. The molecule has 0 atom stereocenters. The molecule has 0 unspecified atom stereocenters. The number of nitrogens with one attached hydrogen (secondary N) is 1. The zero-order valence-electron chi connectivity index (χ0n) is 18.2. The summed E-state index contributed by atoms with van der Waals surface area (Å²) >= 11 is 0. The number of ether oxygens (including phenoxy) is 2. The molecule has 1 aliphatic carbocycles. The van der Waals surface area contributed by atoms with E-state index in [1.54, 1.807) is 0 Å². The highest BCUT2D eigenvalue weighted by Crippen LogP contribution is 2.49. The van der Waals surface area contributed by atoms with Gasteiger partial charge in [0.1, 0.15) is 12.5 Å². The smallest absolute Gasteiger partial charge is 0.249 e. The Morgan fingerprint density at radius 1 is 1.23 bits per heavy atom. The lowest BCUT2D eigenvalue weighted by molar-refractivity contribution is -0.0889. The molecule has 0 bridgehead atoms. The number of halogens is 2. The second-order valence-corrected chi connectivity index (χ2v) is 15.6. The van der Waals surface area contributed by atoms with E-state index < -0.39 is 14.0 Å². The number of anilines is 1. The van der Waals surface area contributed by atoms with E-state index in [-0.39, 0.29) is 18.8 Å². The zero-order chi connectivity index (χ0) is 21.4. The molecule has 0 spiro atoms. The molecule has 8 heteroatoms. The van der Waals surface area contributed by atoms with Crippen LogP contribution in [0.3, 0.4) is 0 Å². The highest BCUT2D eigenvalue weighted by molar-refractivity contribution is 6.76. The summed E-state index contributed by atoms with van der Waals surface area (Å²) in [4.78, 5) is 4.57. The monoisotopic (exact) mass is 437 g/mol. The van der Waals surface area contributed by atoms with Crippen LogP contribution < -0.4 is 5.32 Å². The second kappa shape index (κ2) is 8.55. The topological polar surface area (TPSA) is 48.3 Å². The first kappa shape index (κ1) is 21.7. The fraction of sp³-hybridized carbons (Fsp3) is 0.682. The lowest BCUT2D eigenvalue weighted by Crippen LogP contribution is -2.35. The largest absolute Gasteiger partial charge is 0.381 e. The Morgan fingerprint density at radius 2 is 1.97 bits per heavy atom. The molecule has 2 aromatic rings. The number of hydrogen-bond donors (Lipinski definition) is 1. The number of alkyl halides is 2. The van der Waals surface area contributed by atoms with E-state index in [2.05, 4.69) is 34.5 Å². The average molecular weight is 438 g/mol. The third kappa shape index (κ3) is 5.21. The van der Waals surface area contributed by atoms with Gasteiger partial charge in [-0.2, -0.15) is 0 Å². The Labute approximate surface area is 178 Å². The lowest BCUT2D eigenvalue weighted by atomic mass is 9.79. The fourth-order valence-electron chi connectivity index (χ4n) is 4.19. The van der Waals surface area contributed by atoms with Crippen molar-refractivity contribution in [2.75, 3.05) is 25.1 Å².